The van der Waals surface area contributed by atoms with Crippen LogP contribution in [-0.4, -0.2) is 19.1 Å². The standard InChI is InChI=1S/C22H22N4O3/c1-15-3-11-19(12-4-15)29-20-13-9-18(10-14-20)26-22(28)25-17-7-5-16(6-8-17)24-21(27)23-2/h3-14H,1-2H3,(H2,23,24,27)(H2,25,26,28). The SMILES string of the molecule is CNC(=O)Nc1ccc(NC(=O)Nc2ccc(Oc3ccc(C)cc3)cc2)cc1. The van der Waals surface area contributed by atoms with Crippen molar-refractivity contribution in [3.8, 4) is 11.5 Å². The molecule has 29 heavy (non-hydrogen) atoms. The Morgan fingerprint density at radius 2 is 1.00 bits per heavy atom. The molecular formula is C22H22N4O3. The van der Waals surface area contributed by atoms with Crippen LogP contribution in [-0.2, 0) is 0 Å². The van der Waals surface area contributed by atoms with Gasteiger partial charge in [0.2, 0.25) is 0 Å². The summed E-state index contributed by atoms with van der Waals surface area (Å²) in [6.07, 6.45) is 0. The third-order valence-electron chi connectivity index (χ3n) is 4.00. The number of amides is 4. The second kappa shape index (κ2) is 9.27. The average molecular weight is 390 g/mol. The minimum atomic E-state index is -0.371. The van der Waals surface area contributed by atoms with E-state index in [4.69, 9.17) is 4.74 Å². The van der Waals surface area contributed by atoms with Gasteiger partial charge in [0.15, 0.2) is 0 Å². The molecule has 0 atom stereocenters. The Morgan fingerprint density at radius 3 is 1.45 bits per heavy atom. The molecule has 0 unspecified atom stereocenters. The molecule has 3 rings (SSSR count). The molecule has 0 heterocycles. The predicted molar refractivity (Wildman–Crippen MR) is 115 cm³/mol. The number of urea groups is 2. The van der Waals surface area contributed by atoms with Gasteiger partial charge in [-0.05, 0) is 67.6 Å². The van der Waals surface area contributed by atoms with Gasteiger partial charge in [-0.3, -0.25) is 0 Å². The van der Waals surface area contributed by atoms with Crippen LogP contribution < -0.4 is 26.0 Å². The van der Waals surface area contributed by atoms with E-state index in [9.17, 15) is 9.59 Å². The van der Waals surface area contributed by atoms with Crippen molar-refractivity contribution in [2.45, 2.75) is 6.92 Å². The average Bonchev–Trinajstić information content (AvgIpc) is 2.72. The Balaban J connectivity index is 1.52. The molecule has 0 radical (unpaired) electrons. The zero-order valence-corrected chi connectivity index (χ0v) is 16.2. The van der Waals surface area contributed by atoms with Crippen LogP contribution in [0.15, 0.2) is 72.8 Å². The summed E-state index contributed by atoms with van der Waals surface area (Å²) in [7, 11) is 1.54. The second-order valence-electron chi connectivity index (χ2n) is 6.30. The Bertz CT molecular complexity index is 968. The molecule has 4 amide bonds. The first-order chi connectivity index (χ1) is 14.0. The Morgan fingerprint density at radius 1 is 0.621 bits per heavy atom. The summed E-state index contributed by atoms with van der Waals surface area (Å²) in [5.41, 5.74) is 3.03. The van der Waals surface area contributed by atoms with Crippen LogP contribution in [0.1, 0.15) is 5.56 Å². The van der Waals surface area contributed by atoms with Crippen molar-refractivity contribution in [2.75, 3.05) is 23.0 Å². The molecule has 0 aromatic heterocycles. The maximum Gasteiger partial charge on any atom is 0.323 e. The van der Waals surface area contributed by atoms with E-state index in [1.807, 2.05) is 31.2 Å². The number of benzene rings is 3. The quantitative estimate of drug-likeness (QED) is 0.484. The molecule has 7 nitrogen and oxygen atoms in total. The van der Waals surface area contributed by atoms with Crippen molar-refractivity contribution < 1.29 is 14.3 Å². The topological polar surface area (TPSA) is 91.5 Å². The van der Waals surface area contributed by atoms with Crippen LogP contribution in [0.3, 0.4) is 0 Å². The van der Waals surface area contributed by atoms with Crippen molar-refractivity contribution in [3.05, 3.63) is 78.4 Å². The number of nitrogens with one attached hydrogen (secondary N) is 4. The molecule has 0 spiro atoms. The van der Waals surface area contributed by atoms with Crippen LogP contribution in [0, 0.1) is 6.92 Å². The number of anilines is 3. The van der Waals surface area contributed by atoms with E-state index in [-0.39, 0.29) is 12.1 Å². The lowest BCUT2D eigenvalue weighted by Gasteiger charge is -2.10. The van der Waals surface area contributed by atoms with Gasteiger partial charge in [0.1, 0.15) is 11.5 Å². The van der Waals surface area contributed by atoms with Crippen molar-refractivity contribution in [1.29, 1.82) is 0 Å². The maximum atomic E-state index is 12.2. The first kappa shape index (κ1) is 19.8. The number of hydrogen-bond acceptors (Lipinski definition) is 3. The lowest BCUT2D eigenvalue weighted by atomic mass is 10.2. The van der Waals surface area contributed by atoms with E-state index in [0.29, 0.717) is 22.8 Å². The van der Waals surface area contributed by atoms with Gasteiger partial charge in [0, 0.05) is 24.1 Å². The van der Waals surface area contributed by atoms with Crippen molar-refractivity contribution in [3.63, 3.8) is 0 Å². The molecule has 0 fully saturated rings. The van der Waals surface area contributed by atoms with E-state index in [1.54, 1.807) is 48.5 Å². The summed E-state index contributed by atoms with van der Waals surface area (Å²) in [5.74, 6) is 1.43. The molecule has 7 heteroatoms. The Kier molecular flexibility index (Phi) is 6.32. The molecular weight excluding hydrogens is 368 g/mol. The normalized spacial score (nSPS) is 10.0. The Labute approximate surface area is 169 Å². The zero-order chi connectivity index (χ0) is 20.6. The first-order valence-electron chi connectivity index (χ1n) is 9.03. The summed E-state index contributed by atoms with van der Waals surface area (Å²) >= 11 is 0. The van der Waals surface area contributed by atoms with Crippen molar-refractivity contribution in [1.82, 2.24) is 5.32 Å². The van der Waals surface area contributed by atoms with E-state index in [1.165, 1.54) is 12.6 Å². The van der Waals surface area contributed by atoms with Crippen molar-refractivity contribution in [2.24, 2.45) is 0 Å². The summed E-state index contributed by atoms with van der Waals surface area (Å²) in [6, 6.07) is 21.0. The lowest BCUT2D eigenvalue weighted by molar-refractivity contribution is 0.254. The number of carbonyl (C=O) groups excluding carboxylic acids is 2. The highest BCUT2D eigenvalue weighted by Gasteiger charge is 2.05. The van der Waals surface area contributed by atoms with Crippen molar-refractivity contribution >= 4 is 29.1 Å². The van der Waals surface area contributed by atoms with Crippen LogP contribution in [0.2, 0.25) is 0 Å². The highest BCUT2D eigenvalue weighted by molar-refractivity contribution is 6.00. The van der Waals surface area contributed by atoms with E-state index < -0.39 is 0 Å². The van der Waals surface area contributed by atoms with Gasteiger partial charge in [0.05, 0.1) is 0 Å². The molecule has 3 aromatic carbocycles. The number of aryl methyl sites for hydroxylation is 1. The molecule has 4 N–H and O–H groups in total. The molecule has 3 aromatic rings. The fourth-order valence-corrected chi connectivity index (χ4v) is 2.47. The van der Waals surface area contributed by atoms with Crippen LogP contribution in [0.5, 0.6) is 11.5 Å². The molecule has 0 aliphatic carbocycles. The third-order valence-corrected chi connectivity index (χ3v) is 4.00. The first-order valence-corrected chi connectivity index (χ1v) is 9.03. The Hall–Kier alpha value is -4.00. The van der Waals surface area contributed by atoms with Gasteiger partial charge in [0.25, 0.3) is 0 Å². The number of ether oxygens (including phenoxy) is 1. The minimum Gasteiger partial charge on any atom is -0.457 e. The highest BCUT2D eigenvalue weighted by Crippen LogP contribution is 2.23. The zero-order valence-electron chi connectivity index (χ0n) is 16.2. The van der Waals surface area contributed by atoms with Crippen LogP contribution in [0.25, 0.3) is 0 Å². The molecule has 0 aliphatic rings. The summed E-state index contributed by atoms with van der Waals surface area (Å²) in [4.78, 5) is 23.4. The van der Waals surface area contributed by atoms with Crippen LogP contribution in [0.4, 0.5) is 26.7 Å². The minimum absolute atomic E-state index is 0.307. The summed E-state index contributed by atoms with van der Waals surface area (Å²) in [5, 5.41) is 10.6. The lowest BCUT2D eigenvalue weighted by Crippen LogP contribution is -2.24. The summed E-state index contributed by atoms with van der Waals surface area (Å²) < 4.78 is 5.77. The van der Waals surface area contributed by atoms with Gasteiger partial charge < -0.3 is 26.0 Å². The molecule has 0 bridgehead atoms. The molecule has 0 saturated heterocycles. The molecule has 0 saturated carbocycles. The monoisotopic (exact) mass is 390 g/mol. The molecule has 148 valence electrons. The summed E-state index contributed by atoms with van der Waals surface area (Å²) in [6.45, 7) is 2.02. The smallest absolute Gasteiger partial charge is 0.323 e. The van der Waals surface area contributed by atoms with E-state index in [2.05, 4.69) is 21.3 Å². The van der Waals surface area contributed by atoms with E-state index in [0.717, 1.165) is 5.75 Å². The van der Waals surface area contributed by atoms with Gasteiger partial charge >= 0.3 is 12.1 Å². The van der Waals surface area contributed by atoms with Gasteiger partial charge in [-0.1, -0.05) is 17.7 Å². The van der Waals surface area contributed by atoms with Gasteiger partial charge in [-0.2, -0.15) is 0 Å². The molecule has 0 aliphatic heterocycles. The third kappa shape index (κ3) is 6.00. The number of hydrogen-bond donors (Lipinski definition) is 4. The fraction of sp³-hybridized carbons (Fsp3) is 0.0909. The predicted octanol–water partition coefficient (Wildman–Crippen LogP) is 5.18. The fourth-order valence-electron chi connectivity index (χ4n) is 2.47. The highest BCUT2D eigenvalue weighted by atomic mass is 16.5. The maximum absolute atomic E-state index is 12.2. The number of carbonyl (C=O) groups is 2. The van der Waals surface area contributed by atoms with Crippen LogP contribution >= 0.6 is 0 Å². The van der Waals surface area contributed by atoms with E-state index >= 15 is 0 Å². The second-order valence-corrected chi connectivity index (χ2v) is 6.30. The van der Waals surface area contributed by atoms with Gasteiger partial charge in [-0.25, -0.2) is 9.59 Å². The van der Waals surface area contributed by atoms with Gasteiger partial charge in [-0.15, -0.1) is 0 Å². The largest absolute Gasteiger partial charge is 0.457 e. The number of rotatable bonds is 5.